The average molecular weight is 389 g/mol. The number of amides is 1. The maximum Gasteiger partial charge on any atom is 0.249 e. The van der Waals surface area contributed by atoms with Crippen molar-refractivity contribution in [3.8, 4) is 0 Å². The monoisotopic (exact) mass is 388 g/mol. The highest BCUT2D eigenvalue weighted by Crippen LogP contribution is 2.60. The van der Waals surface area contributed by atoms with Crippen LogP contribution in [0.15, 0.2) is 30.3 Å². The Morgan fingerprint density at radius 2 is 1.68 bits per heavy atom. The van der Waals surface area contributed by atoms with Crippen molar-refractivity contribution in [3.63, 3.8) is 0 Å². The molecule has 6 nitrogen and oxygen atoms in total. The molecule has 0 aliphatic heterocycles. The topological polar surface area (TPSA) is 116 Å². The summed E-state index contributed by atoms with van der Waals surface area (Å²) in [6.45, 7) is 0. The van der Waals surface area contributed by atoms with E-state index in [-0.39, 0.29) is 18.3 Å². The molecule has 0 aromatic heterocycles. The molecule has 4 saturated carbocycles. The number of aliphatic hydroxyl groups is 2. The molecule has 3 atom stereocenters. The normalized spacial score (nSPS) is 36.7. The summed E-state index contributed by atoms with van der Waals surface area (Å²) in [5.74, 6) is -0.0609. The van der Waals surface area contributed by atoms with Crippen LogP contribution in [0.4, 0.5) is 0 Å². The zero-order chi connectivity index (χ0) is 19.9. The number of carbonyl (C=O) groups excluding carboxylic acids is 1. The Morgan fingerprint density at radius 3 is 2.21 bits per heavy atom. The van der Waals surface area contributed by atoms with E-state index in [1.807, 2.05) is 30.3 Å². The predicted octanol–water partition coefficient (Wildman–Crippen LogP) is 1.62. The van der Waals surface area contributed by atoms with Gasteiger partial charge < -0.3 is 15.9 Å². The van der Waals surface area contributed by atoms with E-state index in [2.05, 4.69) is 0 Å². The van der Waals surface area contributed by atoms with E-state index in [1.54, 1.807) is 5.48 Å². The number of hydrogen-bond donors (Lipinski definition) is 5. The van der Waals surface area contributed by atoms with Gasteiger partial charge in [-0.15, -0.1) is 0 Å². The average Bonchev–Trinajstić information content (AvgIpc) is 2.69. The summed E-state index contributed by atoms with van der Waals surface area (Å²) in [5, 5.41) is 31.8. The van der Waals surface area contributed by atoms with Crippen molar-refractivity contribution < 1.29 is 20.2 Å². The molecule has 4 aliphatic carbocycles. The van der Waals surface area contributed by atoms with E-state index in [9.17, 15) is 20.2 Å². The van der Waals surface area contributed by atoms with Gasteiger partial charge in [0.15, 0.2) is 0 Å². The molecule has 0 radical (unpaired) electrons. The highest BCUT2D eigenvalue weighted by molar-refractivity contribution is 5.79. The summed E-state index contributed by atoms with van der Waals surface area (Å²) < 4.78 is 0. The Morgan fingerprint density at radius 1 is 1.11 bits per heavy atom. The largest absolute Gasteiger partial charge is 0.391 e. The van der Waals surface area contributed by atoms with Gasteiger partial charge in [0, 0.05) is 6.04 Å². The molecule has 4 aliphatic rings. The molecule has 154 valence electrons. The van der Waals surface area contributed by atoms with E-state index >= 15 is 0 Å². The molecule has 6 heteroatoms. The first-order chi connectivity index (χ1) is 13.4. The molecule has 1 amide bonds. The van der Waals surface area contributed by atoms with Crippen LogP contribution in [0.2, 0.25) is 0 Å². The van der Waals surface area contributed by atoms with Crippen molar-refractivity contribution in [1.82, 2.24) is 5.48 Å². The third kappa shape index (κ3) is 3.47. The summed E-state index contributed by atoms with van der Waals surface area (Å²) in [7, 11) is 0. The molecule has 28 heavy (non-hydrogen) atoms. The van der Waals surface area contributed by atoms with E-state index in [4.69, 9.17) is 5.73 Å². The van der Waals surface area contributed by atoms with Crippen molar-refractivity contribution in [3.05, 3.63) is 35.9 Å². The number of carbonyl (C=O) groups is 1. The number of aliphatic hydroxyl groups excluding tert-OH is 1. The summed E-state index contributed by atoms with van der Waals surface area (Å²) in [6, 6.07) is 9.14. The second kappa shape index (κ2) is 7.75. The first-order valence-electron chi connectivity index (χ1n) is 10.6. The molecule has 6 N–H and O–H groups in total. The molecule has 0 spiro atoms. The van der Waals surface area contributed by atoms with Crippen LogP contribution < -0.4 is 11.2 Å². The molecule has 0 saturated heterocycles. The second-order valence-corrected chi connectivity index (χ2v) is 9.38. The number of benzene rings is 1. The minimum Gasteiger partial charge on any atom is -0.391 e. The van der Waals surface area contributed by atoms with Gasteiger partial charge >= 0.3 is 0 Å². The predicted molar refractivity (Wildman–Crippen MR) is 104 cm³/mol. The lowest BCUT2D eigenvalue weighted by molar-refractivity contribution is -0.210. The van der Waals surface area contributed by atoms with Gasteiger partial charge in [0.05, 0.1) is 17.6 Å². The van der Waals surface area contributed by atoms with Gasteiger partial charge in [-0.3, -0.25) is 10.0 Å². The van der Waals surface area contributed by atoms with Crippen LogP contribution in [-0.4, -0.2) is 39.1 Å². The molecule has 5 rings (SSSR count). The van der Waals surface area contributed by atoms with Gasteiger partial charge in [0.2, 0.25) is 5.91 Å². The van der Waals surface area contributed by atoms with Crippen molar-refractivity contribution >= 4 is 5.91 Å². The van der Waals surface area contributed by atoms with Crippen LogP contribution in [0.3, 0.4) is 0 Å². The number of hydrogen-bond acceptors (Lipinski definition) is 5. The molecule has 4 fully saturated rings. The number of rotatable bonds is 7. The molecule has 4 bridgehead atoms. The highest BCUT2D eigenvalue weighted by Gasteiger charge is 2.61. The number of hydroxylamine groups is 1. The van der Waals surface area contributed by atoms with E-state index in [0.29, 0.717) is 18.3 Å². The minimum absolute atomic E-state index is 0.0548. The van der Waals surface area contributed by atoms with E-state index in [0.717, 1.165) is 31.2 Å². The number of nitrogens with one attached hydrogen (secondary N) is 1. The van der Waals surface area contributed by atoms with Crippen LogP contribution >= 0.6 is 0 Å². The lowest BCUT2D eigenvalue weighted by Crippen LogP contribution is -2.64. The SMILES string of the molecule is N[C@@H](Cc1ccccc1)[C@@H](O)C[C@H](C(=O)NO)C1(O)C2CC3CC(C2)CC1C3. The fourth-order valence-electron chi connectivity index (χ4n) is 6.53. The summed E-state index contributed by atoms with van der Waals surface area (Å²) in [4.78, 5) is 12.6. The van der Waals surface area contributed by atoms with Crippen molar-refractivity contribution in [2.45, 2.75) is 62.7 Å². The lowest BCUT2D eigenvalue weighted by atomic mass is 9.47. The zero-order valence-corrected chi connectivity index (χ0v) is 16.2. The molecular weight excluding hydrogens is 356 g/mol. The van der Waals surface area contributed by atoms with E-state index < -0.39 is 29.6 Å². The Hall–Kier alpha value is -1.47. The van der Waals surface area contributed by atoms with Crippen LogP contribution in [0.5, 0.6) is 0 Å². The van der Waals surface area contributed by atoms with Crippen molar-refractivity contribution in [2.75, 3.05) is 0 Å². The first kappa shape index (κ1) is 19.8. The summed E-state index contributed by atoms with van der Waals surface area (Å²) in [5.41, 5.74) is 7.82. The van der Waals surface area contributed by atoms with Gasteiger partial charge in [0.25, 0.3) is 0 Å². The quantitative estimate of drug-likeness (QED) is 0.360. The Balaban J connectivity index is 1.51. The second-order valence-electron chi connectivity index (χ2n) is 9.38. The van der Waals surface area contributed by atoms with Crippen LogP contribution in [0.1, 0.15) is 44.1 Å². The van der Waals surface area contributed by atoms with Crippen LogP contribution in [-0.2, 0) is 11.2 Å². The van der Waals surface area contributed by atoms with Gasteiger partial charge in [-0.2, -0.15) is 0 Å². The molecule has 0 heterocycles. The van der Waals surface area contributed by atoms with Gasteiger partial charge in [-0.1, -0.05) is 30.3 Å². The van der Waals surface area contributed by atoms with Crippen molar-refractivity contribution in [2.24, 2.45) is 35.3 Å². The molecular formula is C22H32N2O4. The smallest absolute Gasteiger partial charge is 0.249 e. The van der Waals surface area contributed by atoms with Crippen molar-refractivity contribution in [1.29, 1.82) is 0 Å². The number of nitrogens with two attached hydrogens (primary N) is 1. The van der Waals surface area contributed by atoms with Gasteiger partial charge in [-0.25, -0.2) is 5.48 Å². The summed E-state index contributed by atoms with van der Waals surface area (Å²) in [6.07, 6.45) is 4.59. The molecule has 0 unspecified atom stereocenters. The van der Waals surface area contributed by atoms with Crippen LogP contribution in [0.25, 0.3) is 0 Å². The minimum atomic E-state index is -1.17. The Kier molecular flexibility index (Phi) is 5.49. The Bertz CT molecular complexity index is 667. The summed E-state index contributed by atoms with van der Waals surface area (Å²) >= 11 is 0. The zero-order valence-electron chi connectivity index (χ0n) is 16.2. The third-order valence-corrected chi connectivity index (χ3v) is 7.72. The highest BCUT2D eigenvalue weighted by atomic mass is 16.5. The molecule has 1 aromatic rings. The van der Waals surface area contributed by atoms with E-state index in [1.165, 1.54) is 6.42 Å². The third-order valence-electron chi connectivity index (χ3n) is 7.72. The molecule has 1 aromatic carbocycles. The van der Waals surface area contributed by atoms with Gasteiger partial charge in [0.1, 0.15) is 0 Å². The first-order valence-corrected chi connectivity index (χ1v) is 10.6. The fourth-order valence-corrected chi connectivity index (χ4v) is 6.53. The fraction of sp³-hybridized carbons (Fsp3) is 0.682. The maximum atomic E-state index is 12.6. The standard InChI is InChI=1S/C22H32N2O4/c23-19(11-13-4-2-1-3-5-13)20(25)12-18(21(26)24-28)22(27)16-7-14-6-15(9-16)10-17(22)8-14/h1-5,14-20,25,27-28H,6-12,23H2,(H,24,26)/t14?,15?,16?,17?,18-,19+,20+,22?/m1/s1. The van der Waals surface area contributed by atoms with Gasteiger partial charge in [-0.05, 0) is 74.2 Å². The Labute approximate surface area is 166 Å². The van der Waals surface area contributed by atoms with Crippen LogP contribution in [0, 0.1) is 29.6 Å². The maximum absolute atomic E-state index is 12.6. The lowest BCUT2D eigenvalue weighted by Gasteiger charge is -2.61.